The summed E-state index contributed by atoms with van der Waals surface area (Å²) in [5.41, 5.74) is 0. The highest BCUT2D eigenvalue weighted by atomic mass is 19.3. The summed E-state index contributed by atoms with van der Waals surface area (Å²) in [4.78, 5) is 10.5. The molecule has 58 valence electrons. The normalized spacial score (nSPS) is 26.7. The predicted octanol–water partition coefficient (Wildman–Crippen LogP) is -0.313. The van der Waals surface area contributed by atoms with Crippen LogP contribution in [0.5, 0.6) is 0 Å². The standard InChI is InChI=1S/C5H8F2N2O/c6-5(7)3-1-4(10)9-2-8-3/h3,5,8H,1-2H2,(H,9,10). The second-order valence-corrected chi connectivity index (χ2v) is 2.13. The van der Waals surface area contributed by atoms with E-state index < -0.39 is 12.5 Å². The Morgan fingerprint density at radius 3 is 2.70 bits per heavy atom. The smallest absolute Gasteiger partial charge is 0.254 e. The Labute approximate surface area is 56.8 Å². The molecule has 0 aromatic carbocycles. The monoisotopic (exact) mass is 150 g/mol. The lowest BCUT2D eigenvalue weighted by molar-refractivity contribution is -0.124. The van der Waals surface area contributed by atoms with Gasteiger partial charge in [0.2, 0.25) is 5.91 Å². The van der Waals surface area contributed by atoms with Gasteiger partial charge in [-0.3, -0.25) is 10.1 Å². The van der Waals surface area contributed by atoms with Gasteiger partial charge in [-0.1, -0.05) is 0 Å². The van der Waals surface area contributed by atoms with Gasteiger partial charge in [0, 0.05) is 6.42 Å². The Kier molecular flexibility index (Phi) is 2.16. The summed E-state index contributed by atoms with van der Waals surface area (Å²) in [6.07, 6.45) is -2.58. The van der Waals surface area contributed by atoms with Crippen molar-refractivity contribution in [2.45, 2.75) is 18.9 Å². The van der Waals surface area contributed by atoms with Crippen molar-refractivity contribution >= 4 is 5.91 Å². The van der Waals surface area contributed by atoms with Crippen LogP contribution in [0.2, 0.25) is 0 Å². The molecule has 0 radical (unpaired) electrons. The highest BCUT2D eigenvalue weighted by molar-refractivity contribution is 5.77. The summed E-state index contributed by atoms with van der Waals surface area (Å²) < 4.78 is 23.7. The number of hydrogen-bond donors (Lipinski definition) is 2. The van der Waals surface area contributed by atoms with Crippen LogP contribution in [0.15, 0.2) is 0 Å². The number of rotatable bonds is 1. The van der Waals surface area contributed by atoms with Gasteiger partial charge in [-0.05, 0) is 0 Å². The van der Waals surface area contributed by atoms with Crippen molar-refractivity contribution in [3.8, 4) is 0 Å². The maximum atomic E-state index is 11.9. The van der Waals surface area contributed by atoms with Crippen LogP contribution in [0.1, 0.15) is 6.42 Å². The van der Waals surface area contributed by atoms with Crippen molar-refractivity contribution in [3.63, 3.8) is 0 Å². The minimum atomic E-state index is -2.45. The highest BCUT2D eigenvalue weighted by Gasteiger charge is 2.25. The molecule has 0 aromatic heterocycles. The van der Waals surface area contributed by atoms with Crippen molar-refractivity contribution in [2.24, 2.45) is 0 Å². The van der Waals surface area contributed by atoms with Gasteiger partial charge in [-0.25, -0.2) is 8.78 Å². The van der Waals surface area contributed by atoms with Gasteiger partial charge in [-0.15, -0.1) is 0 Å². The molecule has 1 rings (SSSR count). The van der Waals surface area contributed by atoms with Crippen LogP contribution in [0.3, 0.4) is 0 Å². The Hall–Kier alpha value is -0.710. The zero-order valence-corrected chi connectivity index (χ0v) is 5.23. The number of nitrogens with one attached hydrogen (secondary N) is 2. The van der Waals surface area contributed by atoms with Crippen LogP contribution < -0.4 is 10.6 Å². The minimum absolute atomic E-state index is 0.127. The van der Waals surface area contributed by atoms with E-state index in [-0.39, 0.29) is 19.0 Å². The number of alkyl halides is 2. The van der Waals surface area contributed by atoms with E-state index in [1.165, 1.54) is 0 Å². The molecule has 0 bridgehead atoms. The summed E-state index contributed by atoms with van der Waals surface area (Å²) in [6.45, 7) is 0.147. The Morgan fingerprint density at radius 2 is 2.30 bits per heavy atom. The lowest BCUT2D eigenvalue weighted by Gasteiger charge is -2.22. The maximum Gasteiger partial charge on any atom is 0.254 e. The second kappa shape index (κ2) is 2.92. The molecule has 0 aliphatic carbocycles. The molecule has 0 spiro atoms. The lowest BCUT2D eigenvalue weighted by atomic mass is 10.2. The largest absolute Gasteiger partial charge is 0.343 e. The third-order valence-electron chi connectivity index (χ3n) is 1.36. The number of hydrogen-bond acceptors (Lipinski definition) is 2. The minimum Gasteiger partial charge on any atom is -0.343 e. The molecule has 3 nitrogen and oxygen atoms in total. The number of carbonyl (C=O) groups excluding carboxylic acids is 1. The van der Waals surface area contributed by atoms with E-state index in [2.05, 4.69) is 10.6 Å². The van der Waals surface area contributed by atoms with Crippen LogP contribution in [-0.2, 0) is 4.79 Å². The Morgan fingerprint density at radius 1 is 1.60 bits per heavy atom. The quantitative estimate of drug-likeness (QED) is 0.538. The fraction of sp³-hybridized carbons (Fsp3) is 0.800. The van der Waals surface area contributed by atoms with Crippen molar-refractivity contribution < 1.29 is 13.6 Å². The molecule has 0 saturated carbocycles. The highest BCUT2D eigenvalue weighted by Crippen LogP contribution is 2.06. The molecular weight excluding hydrogens is 142 g/mol. The van der Waals surface area contributed by atoms with Gasteiger partial charge in [0.1, 0.15) is 0 Å². The fourth-order valence-electron chi connectivity index (χ4n) is 0.803. The maximum absolute atomic E-state index is 11.9. The van der Waals surface area contributed by atoms with E-state index >= 15 is 0 Å². The van der Waals surface area contributed by atoms with Gasteiger partial charge < -0.3 is 5.32 Å². The molecule has 1 saturated heterocycles. The summed E-state index contributed by atoms with van der Waals surface area (Å²) in [5.74, 6) is -0.316. The third kappa shape index (κ3) is 1.63. The molecule has 1 atom stereocenters. The number of carbonyl (C=O) groups is 1. The molecular formula is C5H8F2N2O. The van der Waals surface area contributed by atoms with E-state index in [0.717, 1.165) is 0 Å². The van der Waals surface area contributed by atoms with E-state index in [1.54, 1.807) is 0 Å². The molecule has 2 N–H and O–H groups in total. The molecule has 1 heterocycles. The molecule has 1 amide bonds. The van der Waals surface area contributed by atoms with Crippen molar-refractivity contribution in [1.82, 2.24) is 10.6 Å². The van der Waals surface area contributed by atoms with Crippen molar-refractivity contribution in [2.75, 3.05) is 6.67 Å². The van der Waals surface area contributed by atoms with E-state index in [9.17, 15) is 13.6 Å². The van der Waals surface area contributed by atoms with Gasteiger partial charge >= 0.3 is 0 Å². The predicted molar refractivity (Wildman–Crippen MR) is 30.6 cm³/mol. The molecule has 0 aromatic rings. The van der Waals surface area contributed by atoms with Crippen LogP contribution in [-0.4, -0.2) is 25.0 Å². The van der Waals surface area contributed by atoms with Crippen LogP contribution in [0, 0.1) is 0 Å². The van der Waals surface area contributed by atoms with Crippen LogP contribution >= 0.6 is 0 Å². The third-order valence-corrected chi connectivity index (χ3v) is 1.36. The zero-order valence-electron chi connectivity index (χ0n) is 5.23. The van der Waals surface area contributed by atoms with Gasteiger partial charge in [0.25, 0.3) is 6.43 Å². The van der Waals surface area contributed by atoms with Crippen LogP contribution in [0.25, 0.3) is 0 Å². The van der Waals surface area contributed by atoms with E-state index in [0.29, 0.717) is 0 Å². The lowest BCUT2D eigenvalue weighted by Crippen LogP contribution is -2.51. The van der Waals surface area contributed by atoms with Gasteiger partial charge in [0.15, 0.2) is 0 Å². The Bertz CT molecular complexity index is 140. The summed E-state index contributed by atoms with van der Waals surface area (Å²) in [5, 5.41) is 4.85. The van der Waals surface area contributed by atoms with Crippen molar-refractivity contribution in [1.29, 1.82) is 0 Å². The Balaban J connectivity index is 2.39. The summed E-state index contributed by atoms with van der Waals surface area (Å²) >= 11 is 0. The summed E-state index contributed by atoms with van der Waals surface area (Å²) in [7, 11) is 0. The van der Waals surface area contributed by atoms with Crippen LogP contribution in [0.4, 0.5) is 8.78 Å². The topological polar surface area (TPSA) is 41.1 Å². The molecule has 10 heavy (non-hydrogen) atoms. The average molecular weight is 150 g/mol. The number of halogens is 2. The SMILES string of the molecule is O=C1CC(C(F)F)NCN1. The van der Waals surface area contributed by atoms with Crippen molar-refractivity contribution in [3.05, 3.63) is 0 Å². The first-order valence-corrected chi connectivity index (χ1v) is 2.98. The molecule has 1 unspecified atom stereocenters. The van der Waals surface area contributed by atoms with E-state index in [1.807, 2.05) is 0 Å². The van der Waals surface area contributed by atoms with Gasteiger partial charge in [-0.2, -0.15) is 0 Å². The van der Waals surface area contributed by atoms with Gasteiger partial charge in [0.05, 0.1) is 12.7 Å². The zero-order chi connectivity index (χ0) is 7.56. The summed E-state index contributed by atoms with van der Waals surface area (Å²) in [6, 6.07) is -0.964. The fourth-order valence-corrected chi connectivity index (χ4v) is 0.803. The molecule has 1 aliphatic rings. The molecule has 5 heteroatoms. The first-order valence-electron chi connectivity index (χ1n) is 2.98. The molecule has 1 aliphatic heterocycles. The molecule has 1 fully saturated rings. The second-order valence-electron chi connectivity index (χ2n) is 2.13. The first-order chi connectivity index (χ1) is 4.70. The average Bonchev–Trinajstić information content (AvgIpc) is 1.88. The number of amides is 1. The first kappa shape index (κ1) is 7.40. The van der Waals surface area contributed by atoms with E-state index in [4.69, 9.17) is 0 Å².